The van der Waals surface area contributed by atoms with Crippen molar-refractivity contribution in [3.63, 3.8) is 0 Å². The number of pyridine rings is 1. The van der Waals surface area contributed by atoms with E-state index in [1.807, 2.05) is 54.6 Å². The number of halogens is 1. The maximum absolute atomic E-state index is 13.6. The summed E-state index contributed by atoms with van der Waals surface area (Å²) in [6.45, 7) is 0.793. The Bertz CT molecular complexity index is 729. The number of anilines is 1. The van der Waals surface area contributed by atoms with Crippen molar-refractivity contribution in [2.45, 2.75) is 12.3 Å². The summed E-state index contributed by atoms with van der Waals surface area (Å²) in [4.78, 5) is 4.46. The van der Waals surface area contributed by atoms with Crippen LogP contribution in [0.15, 0.2) is 79.0 Å². The number of nitrogens with zero attached hydrogens (tertiary/aromatic N) is 1. The maximum Gasteiger partial charge on any atom is 0.123 e. The molecule has 3 rings (SSSR count). The van der Waals surface area contributed by atoms with Gasteiger partial charge in [0, 0.05) is 30.0 Å². The smallest absolute Gasteiger partial charge is 0.123 e. The maximum atomic E-state index is 13.6. The molecule has 0 radical (unpaired) electrons. The molecule has 1 atom stereocenters. The molecule has 0 unspecified atom stereocenters. The van der Waals surface area contributed by atoms with E-state index in [9.17, 15) is 4.39 Å². The van der Waals surface area contributed by atoms with Gasteiger partial charge in [0.2, 0.25) is 0 Å². The van der Waals surface area contributed by atoms with E-state index < -0.39 is 0 Å². The van der Waals surface area contributed by atoms with Crippen LogP contribution in [0.25, 0.3) is 0 Å². The highest BCUT2D eigenvalue weighted by Crippen LogP contribution is 2.27. The number of para-hydroxylation sites is 1. The average Bonchev–Trinajstić information content (AvgIpc) is 2.60. The third-order valence-corrected chi connectivity index (χ3v) is 3.83. The van der Waals surface area contributed by atoms with Gasteiger partial charge in [-0.15, -0.1) is 0 Å². The van der Waals surface area contributed by atoms with E-state index in [2.05, 4.69) is 10.3 Å². The molecule has 0 fully saturated rings. The summed E-state index contributed by atoms with van der Waals surface area (Å²) in [5, 5.41) is 3.41. The van der Waals surface area contributed by atoms with Crippen molar-refractivity contribution in [1.29, 1.82) is 0 Å². The van der Waals surface area contributed by atoms with Crippen LogP contribution >= 0.6 is 0 Å². The Labute approximate surface area is 136 Å². The molecular formula is C20H19FN2. The molecule has 0 spiro atoms. The highest BCUT2D eigenvalue weighted by atomic mass is 19.1. The molecule has 1 aromatic heterocycles. The van der Waals surface area contributed by atoms with Gasteiger partial charge in [-0.05, 0) is 48.4 Å². The lowest BCUT2D eigenvalue weighted by Crippen LogP contribution is -2.10. The Morgan fingerprint density at radius 2 is 1.74 bits per heavy atom. The second-order valence-corrected chi connectivity index (χ2v) is 5.44. The zero-order valence-electron chi connectivity index (χ0n) is 12.8. The van der Waals surface area contributed by atoms with Crippen molar-refractivity contribution in [1.82, 2.24) is 4.98 Å². The third kappa shape index (κ3) is 4.16. The van der Waals surface area contributed by atoms with Crippen LogP contribution in [0.3, 0.4) is 0 Å². The van der Waals surface area contributed by atoms with Crippen molar-refractivity contribution in [3.05, 3.63) is 96.1 Å². The monoisotopic (exact) mass is 306 g/mol. The minimum absolute atomic E-state index is 0.0723. The van der Waals surface area contributed by atoms with Crippen LogP contribution in [0.4, 0.5) is 10.1 Å². The number of hydrogen-bond donors (Lipinski definition) is 1. The van der Waals surface area contributed by atoms with Crippen LogP contribution in [0.2, 0.25) is 0 Å². The Balaban J connectivity index is 1.76. The fraction of sp³-hybridized carbons (Fsp3) is 0.150. The summed E-state index contributed by atoms with van der Waals surface area (Å²) in [5.74, 6) is -0.137. The summed E-state index contributed by atoms with van der Waals surface area (Å²) < 4.78 is 13.6. The fourth-order valence-corrected chi connectivity index (χ4v) is 2.71. The summed E-state index contributed by atoms with van der Waals surface area (Å²) in [6.07, 6.45) is 2.63. The Hall–Kier alpha value is -2.68. The molecule has 1 heterocycles. The lowest BCUT2D eigenvalue weighted by molar-refractivity contribution is 0.620. The molecule has 0 aliphatic carbocycles. The van der Waals surface area contributed by atoms with Crippen LogP contribution in [0, 0.1) is 5.82 Å². The van der Waals surface area contributed by atoms with Crippen LogP contribution in [0.5, 0.6) is 0 Å². The molecule has 1 N–H and O–H groups in total. The van der Waals surface area contributed by atoms with Gasteiger partial charge in [-0.1, -0.05) is 36.4 Å². The molecule has 0 saturated heterocycles. The number of rotatable bonds is 6. The molecule has 23 heavy (non-hydrogen) atoms. The van der Waals surface area contributed by atoms with Gasteiger partial charge in [0.1, 0.15) is 5.82 Å². The van der Waals surface area contributed by atoms with E-state index in [0.29, 0.717) is 0 Å². The first-order valence-corrected chi connectivity index (χ1v) is 7.78. The molecule has 0 amide bonds. The third-order valence-electron chi connectivity index (χ3n) is 3.83. The molecule has 116 valence electrons. The van der Waals surface area contributed by atoms with E-state index in [0.717, 1.165) is 29.9 Å². The predicted octanol–water partition coefficient (Wildman–Crippen LogP) is 4.85. The van der Waals surface area contributed by atoms with Crippen molar-refractivity contribution in [3.8, 4) is 0 Å². The first-order chi connectivity index (χ1) is 11.3. The molecule has 0 saturated carbocycles. The van der Waals surface area contributed by atoms with E-state index in [4.69, 9.17) is 0 Å². The van der Waals surface area contributed by atoms with Gasteiger partial charge in [-0.3, -0.25) is 4.98 Å². The van der Waals surface area contributed by atoms with Gasteiger partial charge >= 0.3 is 0 Å². The summed E-state index contributed by atoms with van der Waals surface area (Å²) in [7, 11) is 0. The van der Waals surface area contributed by atoms with Gasteiger partial charge in [0.15, 0.2) is 0 Å². The topological polar surface area (TPSA) is 24.9 Å². The first-order valence-electron chi connectivity index (χ1n) is 7.78. The largest absolute Gasteiger partial charge is 0.385 e. The van der Waals surface area contributed by atoms with Gasteiger partial charge in [0.05, 0.1) is 0 Å². The number of aromatic nitrogens is 1. The lowest BCUT2D eigenvalue weighted by atomic mass is 9.92. The van der Waals surface area contributed by atoms with Crippen LogP contribution < -0.4 is 5.32 Å². The standard InChI is InChI=1S/C20H19FN2/c21-17-8-6-7-16(15-17)19(20-11-4-5-13-23-20)12-14-22-18-9-2-1-3-10-18/h1-11,13,15,19,22H,12,14H2/t19-/m1/s1. The van der Waals surface area contributed by atoms with Crippen molar-refractivity contribution >= 4 is 5.69 Å². The second kappa shape index (κ2) is 7.54. The molecule has 2 nitrogen and oxygen atoms in total. The predicted molar refractivity (Wildman–Crippen MR) is 92.0 cm³/mol. The van der Waals surface area contributed by atoms with E-state index in [1.165, 1.54) is 6.07 Å². The fourth-order valence-electron chi connectivity index (χ4n) is 2.71. The van der Waals surface area contributed by atoms with Gasteiger partial charge in [-0.25, -0.2) is 4.39 Å². The Morgan fingerprint density at radius 1 is 0.913 bits per heavy atom. The first kappa shape index (κ1) is 15.2. The highest BCUT2D eigenvalue weighted by Gasteiger charge is 2.15. The van der Waals surface area contributed by atoms with Gasteiger partial charge in [-0.2, -0.15) is 0 Å². The zero-order valence-corrected chi connectivity index (χ0v) is 12.8. The minimum Gasteiger partial charge on any atom is -0.385 e. The number of hydrogen-bond acceptors (Lipinski definition) is 2. The van der Waals surface area contributed by atoms with E-state index >= 15 is 0 Å². The minimum atomic E-state index is -0.209. The molecule has 0 bridgehead atoms. The molecule has 3 aromatic rings. The number of benzene rings is 2. The quantitative estimate of drug-likeness (QED) is 0.704. The summed E-state index contributed by atoms with van der Waals surface area (Å²) in [5.41, 5.74) is 3.01. The molecule has 2 aromatic carbocycles. The summed E-state index contributed by atoms with van der Waals surface area (Å²) >= 11 is 0. The van der Waals surface area contributed by atoms with Crippen molar-refractivity contribution < 1.29 is 4.39 Å². The Kier molecular flexibility index (Phi) is 4.99. The summed E-state index contributed by atoms with van der Waals surface area (Å²) in [6, 6.07) is 22.7. The molecule has 0 aliphatic rings. The van der Waals surface area contributed by atoms with Crippen LogP contribution in [-0.4, -0.2) is 11.5 Å². The zero-order chi connectivity index (χ0) is 15.9. The van der Waals surface area contributed by atoms with Crippen molar-refractivity contribution in [2.75, 3.05) is 11.9 Å². The SMILES string of the molecule is Fc1cccc([C@@H](CCNc2ccccc2)c2ccccn2)c1. The molecule has 3 heteroatoms. The Morgan fingerprint density at radius 3 is 2.48 bits per heavy atom. The highest BCUT2D eigenvalue weighted by molar-refractivity contribution is 5.42. The van der Waals surface area contributed by atoms with Crippen LogP contribution in [0.1, 0.15) is 23.6 Å². The van der Waals surface area contributed by atoms with E-state index in [-0.39, 0.29) is 11.7 Å². The van der Waals surface area contributed by atoms with Gasteiger partial charge in [0.25, 0.3) is 0 Å². The van der Waals surface area contributed by atoms with Crippen molar-refractivity contribution in [2.24, 2.45) is 0 Å². The lowest BCUT2D eigenvalue weighted by Gasteiger charge is -2.18. The molecule has 0 aliphatic heterocycles. The second-order valence-electron chi connectivity index (χ2n) is 5.44. The number of nitrogens with one attached hydrogen (secondary N) is 1. The average molecular weight is 306 g/mol. The van der Waals surface area contributed by atoms with Crippen LogP contribution in [-0.2, 0) is 0 Å². The van der Waals surface area contributed by atoms with Gasteiger partial charge < -0.3 is 5.32 Å². The molecular weight excluding hydrogens is 287 g/mol. The normalized spacial score (nSPS) is 11.9. The van der Waals surface area contributed by atoms with E-state index in [1.54, 1.807) is 18.3 Å².